The van der Waals surface area contributed by atoms with Crippen LogP contribution >= 0.6 is 11.6 Å². The van der Waals surface area contributed by atoms with Crippen LogP contribution in [0, 0.1) is 5.92 Å². The van der Waals surface area contributed by atoms with E-state index >= 15 is 0 Å². The molecule has 2 fully saturated rings. The Hall–Kier alpha value is -2.28. The fourth-order valence-electron chi connectivity index (χ4n) is 3.55. The number of likely N-dealkylation sites (tertiary alicyclic amines) is 1. The molecule has 0 spiro atoms. The third-order valence-electron chi connectivity index (χ3n) is 4.92. The number of hydrogen-bond acceptors (Lipinski definition) is 4. The maximum atomic E-state index is 12.6. The molecule has 146 valence electrons. The van der Waals surface area contributed by atoms with E-state index in [1.165, 1.54) is 0 Å². The van der Waals surface area contributed by atoms with Crippen LogP contribution < -0.4 is 10.2 Å². The van der Waals surface area contributed by atoms with Crippen LogP contribution in [0.1, 0.15) is 26.2 Å². The highest BCUT2D eigenvalue weighted by Gasteiger charge is 2.34. The standard InChI is InChI=1S/C19H24ClN3O4/c1-2-27-18(25)13-4-3-9-22(11-13)19(26)21-15-10-17(24)23(12-15)16-7-5-14(20)6-8-16/h5-8,13,15H,2-4,9-12H2,1H3,(H,21,26). The van der Waals surface area contributed by atoms with Crippen molar-refractivity contribution in [3.05, 3.63) is 29.3 Å². The molecule has 0 aromatic heterocycles. The van der Waals surface area contributed by atoms with E-state index in [-0.39, 0.29) is 36.3 Å². The molecule has 1 aromatic rings. The molecular formula is C19H24ClN3O4. The van der Waals surface area contributed by atoms with Crippen LogP contribution in [-0.4, -0.2) is 55.1 Å². The average molecular weight is 394 g/mol. The Labute approximate surface area is 163 Å². The maximum absolute atomic E-state index is 12.6. The number of benzene rings is 1. The number of piperidine rings is 1. The summed E-state index contributed by atoms with van der Waals surface area (Å²) in [4.78, 5) is 40.1. The molecule has 2 heterocycles. The van der Waals surface area contributed by atoms with Gasteiger partial charge in [-0.05, 0) is 44.0 Å². The van der Waals surface area contributed by atoms with Crippen molar-refractivity contribution in [3.8, 4) is 0 Å². The minimum absolute atomic E-state index is 0.0364. The van der Waals surface area contributed by atoms with Gasteiger partial charge in [-0.25, -0.2) is 4.79 Å². The molecule has 1 aromatic carbocycles. The van der Waals surface area contributed by atoms with Crippen molar-refractivity contribution in [2.45, 2.75) is 32.2 Å². The highest BCUT2D eigenvalue weighted by molar-refractivity contribution is 6.30. The highest BCUT2D eigenvalue weighted by atomic mass is 35.5. The van der Waals surface area contributed by atoms with Crippen LogP contribution in [0.2, 0.25) is 5.02 Å². The molecule has 7 nitrogen and oxygen atoms in total. The molecule has 2 aliphatic heterocycles. The van der Waals surface area contributed by atoms with Crippen LogP contribution in [-0.2, 0) is 14.3 Å². The number of carbonyl (C=O) groups is 3. The average Bonchev–Trinajstić information content (AvgIpc) is 3.02. The molecule has 2 unspecified atom stereocenters. The Morgan fingerprint density at radius 1 is 1.26 bits per heavy atom. The van der Waals surface area contributed by atoms with Gasteiger partial charge in [0.25, 0.3) is 0 Å². The van der Waals surface area contributed by atoms with Crippen molar-refractivity contribution < 1.29 is 19.1 Å². The number of anilines is 1. The van der Waals surface area contributed by atoms with Crippen LogP contribution in [0.5, 0.6) is 0 Å². The minimum atomic E-state index is -0.278. The Bertz CT molecular complexity index is 709. The number of urea groups is 1. The lowest BCUT2D eigenvalue weighted by Gasteiger charge is -2.32. The van der Waals surface area contributed by atoms with Crippen LogP contribution in [0.15, 0.2) is 24.3 Å². The van der Waals surface area contributed by atoms with Crippen LogP contribution in [0.25, 0.3) is 0 Å². The largest absolute Gasteiger partial charge is 0.466 e. The van der Waals surface area contributed by atoms with Crippen molar-refractivity contribution in [2.24, 2.45) is 5.92 Å². The van der Waals surface area contributed by atoms with Gasteiger partial charge < -0.3 is 19.9 Å². The fraction of sp³-hybridized carbons (Fsp3) is 0.526. The molecule has 2 saturated heterocycles. The van der Waals surface area contributed by atoms with Crippen molar-refractivity contribution in [1.82, 2.24) is 10.2 Å². The van der Waals surface area contributed by atoms with E-state index in [1.807, 2.05) is 0 Å². The minimum Gasteiger partial charge on any atom is -0.466 e. The SMILES string of the molecule is CCOC(=O)C1CCCN(C(=O)NC2CC(=O)N(c3ccc(Cl)cc3)C2)C1. The molecule has 0 radical (unpaired) electrons. The number of hydrogen-bond donors (Lipinski definition) is 1. The Morgan fingerprint density at radius 2 is 2.00 bits per heavy atom. The number of carbonyl (C=O) groups excluding carboxylic acids is 3. The molecular weight excluding hydrogens is 370 g/mol. The summed E-state index contributed by atoms with van der Waals surface area (Å²) >= 11 is 5.89. The lowest BCUT2D eigenvalue weighted by atomic mass is 9.98. The van der Waals surface area contributed by atoms with E-state index < -0.39 is 0 Å². The van der Waals surface area contributed by atoms with Gasteiger partial charge in [-0.2, -0.15) is 0 Å². The van der Waals surface area contributed by atoms with Crippen molar-refractivity contribution in [1.29, 1.82) is 0 Å². The summed E-state index contributed by atoms with van der Waals surface area (Å²) in [5, 5.41) is 3.54. The number of esters is 1. The summed E-state index contributed by atoms with van der Waals surface area (Å²) in [7, 11) is 0. The predicted molar refractivity (Wildman–Crippen MR) is 102 cm³/mol. The second-order valence-corrected chi connectivity index (χ2v) is 7.30. The number of amides is 3. The van der Waals surface area contributed by atoms with Gasteiger partial charge in [-0.1, -0.05) is 11.6 Å². The highest BCUT2D eigenvalue weighted by Crippen LogP contribution is 2.24. The van der Waals surface area contributed by atoms with E-state index in [2.05, 4.69) is 5.32 Å². The molecule has 2 atom stereocenters. The molecule has 27 heavy (non-hydrogen) atoms. The Morgan fingerprint density at radius 3 is 2.70 bits per heavy atom. The number of rotatable bonds is 4. The van der Waals surface area contributed by atoms with Gasteiger partial charge in [0, 0.05) is 36.8 Å². The summed E-state index contributed by atoms with van der Waals surface area (Å²) in [6.45, 7) is 3.48. The summed E-state index contributed by atoms with van der Waals surface area (Å²) in [6.07, 6.45) is 1.75. The smallest absolute Gasteiger partial charge is 0.317 e. The second kappa shape index (κ2) is 8.61. The van der Waals surface area contributed by atoms with Gasteiger partial charge >= 0.3 is 12.0 Å². The van der Waals surface area contributed by atoms with Crippen molar-refractivity contribution in [3.63, 3.8) is 0 Å². The first-order valence-corrected chi connectivity index (χ1v) is 9.63. The summed E-state index contributed by atoms with van der Waals surface area (Å²) < 4.78 is 5.07. The maximum Gasteiger partial charge on any atom is 0.317 e. The molecule has 8 heteroatoms. The lowest BCUT2D eigenvalue weighted by Crippen LogP contribution is -2.50. The summed E-state index contributed by atoms with van der Waals surface area (Å²) in [5.74, 6) is -0.564. The molecule has 0 bridgehead atoms. The first-order valence-electron chi connectivity index (χ1n) is 9.26. The Kier molecular flexibility index (Phi) is 6.21. The zero-order chi connectivity index (χ0) is 19.4. The number of nitrogens with zero attached hydrogens (tertiary/aromatic N) is 2. The van der Waals surface area contributed by atoms with Crippen molar-refractivity contribution >= 4 is 35.2 Å². The van der Waals surface area contributed by atoms with Gasteiger partial charge in [0.15, 0.2) is 0 Å². The van der Waals surface area contributed by atoms with Crippen LogP contribution in [0.4, 0.5) is 10.5 Å². The topological polar surface area (TPSA) is 79.0 Å². The van der Waals surface area contributed by atoms with E-state index in [9.17, 15) is 14.4 Å². The summed E-state index contributed by atoms with van der Waals surface area (Å²) in [6, 6.07) is 6.56. The molecule has 3 rings (SSSR count). The zero-order valence-electron chi connectivity index (χ0n) is 15.3. The molecule has 0 saturated carbocycles. The molecule has 1 N–H and O–H groups in total. The first kappa shape index (κ1) is 19.5. The van der Waals surface area contributed by atoms with E-state index in [0.29, 0.717) is 31.3 Å². The normalized spacial score (nSPS) is 22.7. The van der Waals surface area contributed by atoms with Crippen molar-refractivity contribution in [2.75, 3.05) is 31.1 Å². The van der Waals surface area contributed by atoms with Crippen LogP contribution in [0.3, 0.4) is 0 Å². The zero-order valence-corrected chi connectivity index (χ0v) is 16.1. The van der Waals surface area contributed by atoms with E-state index in [1.54, 1.807) is 41.0 Å². The molecule has 2 aliphatic rings. The monoisotopic (exact) mass is 393 g/mol. The Balaban J connectivity index is 1.56. The number of halogens is 1. The van der Waals surface area contributed by atoms with Gasteiger partial charge in [-0.3, -0.25) is 9.59 Å². The number of nitrogens with one attached hydrogen (secondary N) is 1. The quantitative estimate of drug-likeness (QED) is 0.797. The molecule has 3 amide bonds. The summed E-state index contributed by atoms with van der Waals surface area (Å²) in [5.41, 5.74) is 0.765. The van der Waals surface area contributed by atoms with Gasteiger partial charge in [0.05, 0.1) is 18.6 Å². The third-order valence-corrected chi connectivity index (χ3v) is 5.17. The third kappa shape index (κ3) is 4.71. The molecule has 0 aliphatic carbocycles. The van der Waals surface area contributed by atoms with Gasteiger partial charge in [-0.15, -0.1) is 0 Å². The van der Waals surface area contributed by atoms with E-state index in [0.717, 1.165) is 18.5 Å². The predicted octanol–water partition coefficient (Wildman–Crippen LogP) is 2.43. The fourth-order valence-corrected chi connectivity index (χ4v) is 3.68. The van der Waals surface area contributed by atoms with Gasteiger partial charge in [0.1, 0.15) is 0 Å². The number of ether oxygens (including phenoxy) is 1. The van der Waals surface area contributed by atoms with E-state index in [4.69, 9.17) is 16.3 Å². The first-order chi connectivity index (χ1) is 13.0. The second-order valence-electron chi connectivity index (χ2n) is 6.87. The lowest BCUT2D eigenvalue weighted by molar-refractivity contribution is -0.149. The van der Waals surface area contributed by atoms with Gasteiger partial charge in [0.2, 0.25) is 5.91 Å².